The van der Waals surface area contributed by atoms with Crippen molar-refractivity contribution in [2.75, 3.05) is 5.32 Å². The maximum Gasteiger partial charge on any atom is 0.270 e. The zero-order chi connectivity index (χ0) is 16.8. The molecular formula is C21H18N2O2. The SMILES string of the molecule is O=C1Nc2c3c(nc4cccc(c24)OC1c1ccccc1)CCCC3. The highest BCUT2D eigenvalue weighted by Gasteiger charge is 2.30. The summed E-state index contributed by atoms with van der Waals surface area (Å²) in [5.74, 6) is 0.600. The molecule has 3 aromatic rings. The van der Waals surface area contributed by atoms with Gasteiger partial charge < -0.3 is 10.1 Å². The summed E-state index contributed by atoms with van der Waals surface area (Å²) in [6, 6.07) is 15.5. The summed E-state index contributed by atoms with van der Waals surface area (Å²) < 4.78 is 6.17. The van der Waals surface area contributed by atoms with E-state index in [1.54, 1.807) is 0 Å². The Morgan fingerprint density at radius 3 is 2.72 bits per heavy atom. The van der Waals surface area contributed by atoms with E-state index in [-0.39, 0.29) is 5.91 Å². The van der Waals surface area contributed by atoms with Crippen molar-refractivity contribution in [3.63, 3.8) is 0 Å². The lowest BCUT2D eigenvalue weighted by Gasteiger charge is -2.20. The van der Waals surface area contributed by atoms with Crippen LogP contribution in [0.15, 0.2) is 48.5 Å². The highest BCUT2D eigenvalue weighted by molar-refractivity contribution is 6.08. The average Bonchev–Trinajstić information content (AvgIpc) is 2.81. The third kappa shape index (κ3) is 2.29. The molecule has 1 aromatic heterocycles. The van der Waals surface area contributed by atoms with Gasteiger partial charge >= 0.3 is 0 Å². The fourth-order valence-corrected chi connectivity index (χ4v) is 3.89. The second kappa shape index (κ2) is 5.59. The molecule has 2 heterocycles. The monoisotopic (exact) mass is 330 g/mol. The maximum atomic E-state index is 13.0. The Labute approximate surface area is 145 Å². The number of nitrogens with one attached hydrogen (secondary N) is 1. The number of carbonyl (C=O) groups excluding carboxylic acids is 1. The fourth-order valence-electron chi connectivity index (χ4n) is 3.89. The Hall–Kier alpha value is -2.88. The molecule has 2 aromatic carbocycles. The van der Waals surface area contributed by atoms with Gasteiger partial charge in [0.05, 0.1) is 16.6 Å². The Balaban J connectivity index is 1.73. The molecule has 124 valence electrons. The molecule has 4 nitrogen and oxygen atoms in total. The summed E-state index contributed by atoms with van der Waals surface area (Å²) in [5, 5.41) is 4.09. The number of benzene rings is 2. The zero-order valence-electron chi connectivity index (χ0n) is 13.8. The normalized spacial score (nSPS) is 18.9. The van der Waals surface area contributed by atoms with Crippen LogP contribution in [-0.4, -0.2) is 10.9 Å². The van der Waals surface area contributed by atoms with E-state index >= 15 is 0 Å². The Morgan fingerprint density at radius 2 is 1.84 bits per heavy atom. The minimum Gasteiger partial charge on any atom is -0.475 e. The van der Waals surface area contributed by atoms with E-state index in [1.807, 2.05) is 48.5 Å². The number of anilines is 1. The number of carbonyl (C=O) groups is 1. The molecule has 1 unspecified atom stereocenters. The Morgan fingerprint density at radius 1 is 1.00 bits per heavy atom. The summed E-state index contributed by atoms with van der Waals surface area (Å²) in [7, 11) is 0. The number of hydrogen-bond acceptors (Lipinski definition) is 3. The molecule has 1 aliphatic carbocycles. The third-order valence-corrected chi connectivity index (χ3v) is 5.08. The van der Waals surface area contributed by atoms with E-state index in [9.17, 15) is 4.79 Å². The smallest absolute Gasteiger partial charge is 0.270 e. The lowest BCUT2D eigenvalue weighted by molar-refractivity contribution is -0.122. The van der Waals surface area contributed by atoms with Crippen LogP contribution in [0.25, 0.3) is 10.9 Å². The number of amides is 1. The molecule has 1 aliphatic heterocycles. The van der Waals surface area contributed by atoms with Gasteiger partial charge in [-0.1, -0.05) is 36.4 Å². The van der Waals surface area contributed by atoms with Crippen LogP contribution in [0.4, 0.5) is 5.69 Å². The van der Waals surface area contributed by atoms with Crippen LogP contribution in [0.5, 0.6) is 5.75 Å². The largest absolute Gasteiger partial charge is 0.475 e. The molecule has 0 saturated carbocycles. The van der Waals surface area contributed by atoms with Gasteiger partial charge in [-0.25, -0.2) is 0 Å². The molecule has 0 radical (unpaired) electrons. The van der Waals surface area contributed by atoms with Gasteiger partial charge in [-0.2, -0.15) is 0 Å². The van der Waals surface area contributed by atoms with Crippen LogP contribution in [0, 0.1) is 0 Å². The van der Waals surface area contributed by atoms with Gasteiger partial charge in [0.25, 0.3) is 5.91 Å². The number of aryl methyl sites for hydroxylation is 1. The summed E-state index contributed by atoms with van der Waals surface area (Å²) in [5.41, 5.74) is 4.94. The van der Waals surface area contributed by atoms with Crippen LogP contribution in [0.3, 0.4) is 0 Å². The van der Waals surface area contributed by atoms with Crippen LogP contribution in [-0.2, 0) is 17.6 Å². The number of pyridine rings is 1. The molecule has 5 rings (SSSR count). The minimum atomic E-state index is -0.654. The Bertz CT molecular complexity index is 982. The van der Waals surface area contributed by atoms with E-state index in [4.69, 9.17) is 9.72 Å². The maximum absolute atomic E-state index is 13.0. The van der Waals surface area contributed by atoms with Gasteiger partial charge in [-0.3, -0.25) is 9.78 Å². The molecule has 0 spiro atoms. The molecule has 1 atom stereocenters. The number of hydrogen-bond donors (Lipinski definition) is 1. The van der Waals surface area contributed by atoms with Gasteiger partial charge in [0.15, 0.2) is 0 Å². The van der Waals surface area contributed by atoms with Gasteiger partial charge in [0.1, 0.15) is 5.75 Å². The van der Waals surface area contributed by atoms with Crippen molar-refractivity contribution in [3.05, 3.63) is 65.4 Å². The number of nitrogens with zero attached hydrogens (tertiary/aromatic N) is 1. The standard InChI is InChI=1S/C21H18N2O2/c24-21-20(13-7-2-1-3-8-13)25-17-12-6-11-16-18(17)19(23-21)14-9-4-5-10-15(14)22-16/h1-3,6-8,11-12,20H,4-5,9-10H2,(H,23,24). The molecule has 2 aliphatic rings. The third-order valence-electron chi connectivity index (χ3n) is 5.08. The molecule has 1 amide bonds. The molecule has 0 bridgehead atoms. The van der Waals surface area contributed by atoms with Crippen LogP contribution < -0.4 is 10.1 Å². The highest BCUT2D eigenvalue weighted by Crippen LogP contribution is 2.42. The second-order valence-electron chi connectivity index (χ2n) is 6.67. The van der Waals surface area contributed by atoms with Crippen LogP contribution in [0.2, 0.25) is 0 Å². The molecule has 0 saturated heterocycles. The quantitative estimate of drug-likeness (QED) is 0.728. The summed E-state index contributed by atoms with van der Waals surface area (Å²) >= 11 is 0. The van der Waals surface area contributed by atoms with Gasteiger partial charge in [0, 0.05) is 11.3 Å². The topological polar surface area (TPSA) is 51.2 Å². The minimum absolute atomic E-state index is 0.123. The highest BCUT2D eigenvalue weighted by atomic mass is 16.5. The van der Waals surface area contributed by atoms with Crippen molar-refractivity contribution in [2.24, 2.45) is 0 Å². The van der Waals surface area contributed by atoms with E-state index < -0.39 is 6.10 Å². The van der Waals surface area contributed by atoms with Gasteiger partial charge in [0.2, 0.25) is 6.10 Å². The molecule has 4 heteroatoms. The Kier molecular flexibility index (Phi) is 3.23. The molecule has 1 N–H and O–H groups in total. The average molecular weight is 330 g/mol. The fraction of sp³-hybridized carbons (Fsp3) is 0.238. The first-order valence-electron chi connectivity index (χ1n) is 8.78. The van der Waals surface area contributed by atoms with Crippen LogP contribution >= 0.6 is 0 Å². The predicted molar refractivity (Wildman–Crippen MR) is 96.8 cm³/mol. The molecule has 25 heavy (non-hydrogen) atoms. The van der Waals surface area contributed by atoms with Crippen molar-refractivity contribution in [1.82, 2.24) is 4.98 Å². The summed E-state index contributed by atoms with van der Waals surface area (Å²) in [4.78, 5) is 17.8. The summed E-state index contributed by atoms with van der Waals surface area (Å²) in [6.07, 6.45) is 3.56. The van der Waals surface area contributed by atoms with Gasteiger partial charge in [-0.05, 0) is 43.4 Å². The van der Waals surface area contributed by atoms with E-state index in [0.717, 1.165) is 59.3 Å². The number of rotatable bonds is 1. The van der Waals surface area contributed by atoms with Crippen molar-refractivity contribution in [1.29, 1.82) is 0 Å². The first-order chi connectivity index (χ1) is 12.3. The van der Waals surface area contributed by atoms with E-state index in [2.05, 4.69) is 5.32 Å². The molecular weight excluding hydrogens is 312 g/mol. The zero-order valence-corrected chi connectivity index (χ0v) is 13.8. The van der Waals surface area contributed by atoms with Crippen molar-refractivity contribution >= 4 is 22.5 Å². The predicted octanol–water partition coefficient (Wildman–Crippen LogP) is 4.19. The van der Waals surface area contributed by atoms with Crippen molar-refractivity contribution in [2.45, 2.75) is 31.8 Å². The number of aromatic nitrogens is 1. The van der Waals surface area contributed by atoms with E-state index in [0.29, 0.717) is 0 Å². The van der Waals surface area contributed by atoms with Crippen molar-refractivity contribution in [3.8, 4) is 5.75 Å². The number of ether oxygens (including phenoxy) is 1. The first kappa shape index (κ1) is 14.5. The first-order valence-corrected chi connectivity index (χ1v) is 8.78. The van der Waals surface area contributed by atoms with Gasteiger partial charge in [-0.15, -0.1) is 0 Å². The lowest BCUT2D eigenvalue weighted by Crippen LogP contribution is -2.24. The molecule has 0 fully saturated rings. The number of fused-ring (bicyclic) bond motifs is 2. The van der Waals surface area contributed by atoms with E-state index in [1.165, 1.54) is 5.56 Å². The van der Waals surface area contributed by atoms with Crippen LogP contribution in [0.1, 0.15) is 35.8 Å². The second-order valence-corrected chi connectivity index (χ2v) is 6.67. The van der Waals surface area contributed by atoms with Crippen molar-refractivity contribution < 1.29 is 9.53 Å². The lowest BCUT2D eigenvalue weighted by atomic mass is 9.92. The summed E-state index contributed by atoms with van der Waals surface area (Å²) in [6.45, 7) is 0.